The van der Waals surface area contributed by atoms with Crippen LogP contribution >= 0.6 is 0 Å². The molecular weight excluding hydrogens is 294 g/mol. The minimum Gasteiger partial charge on any atom is -0.394 e. The molecule has 1 atom stereocenters. The van der Waals surface area contributed by atoms with E-state index in [0.29, 0.717) is 31.9 Å². The fourth-order valence-electron chi connectivity index (χ4n) is 2.08. The van der Waals surface area contributed by atoms with Gasteiger partial charge >= 0.3 is 0 Å². The molecule has 1 saturated heterocycles. The number of piperazine rings is 1. The number of sulfonamides is 1. The number of hydrogen-bond donors (Lipinski definition) is 4. The van der Waals surface area contributed by atoms with E-state index in [9.17, 15) is 13.5 Å². The van der Waals surface area contributed by atoms with Gasteiger partial charge in [-0.2, -0.15) is 4.31 Å². The Bertz CT molecular complexity index is 541. The minimum absolute atomic E-state index is 0.209. The van der Waals surface area contributed by atoms with Crippen LogP contribution in [-0.4, -0.2) is 68.4 Å². The molecule has 8 heteroatoms. The van der Waals surface area contributed by atoms with Crippen molar-refractivity contribution < 1.29 is 18.6 Å². The summed E-state index contributed by atoms with van der Waals surface area (Å²) in [5.41, 5.74) is 0.696. The van der Waals surface area contributed by atoms with Crippen LogP contribution < -0.4 is 10.6 Å². The van der Waals surface area contributed by atoms with Crippen molar-refractivity contribution in [3.05, 3.63) is 24.3 Å². The number of anilines is 1. The largest absolute Gasteiger partial charge is 0.394 e. The number of benzene rings is 1. The van der Waals surface area contributed by atoms with Gasteiger partial charge in [0.2, 0.25) is 10.0 Å². The summed E-state index contributed by atoms with van der Waals surface area (Å²) in [6.45, 7) is 2.18. The molecule has 1 aromatic rings. The molecule has 1 aliphatic rings. The number of aliphatic hydroxyl groups is 2. The zero-order valence-corrected chi connectivity index (χ0v) is 12.5. The first-order valence-electron chi connectivity index (χ1n) is 6.88. The van der Waals surface area contributed by atoms with Gasteiger partial charge in [0, 0.05) is 38.4 Å². The highest BCUT2D eigenvalue weighted by Gasteiger charge is 2.25. The lowest BCUT2D eigenvalue weighted by molar-refractivity contribution is 0.105. The van der Waals surface area contributed by atoms with Gasteiger partial charge in [-0.3, -0.25) is 0 Å². The SMILES string of the molecule is O=S(=O)(c1ccc(NCC(O)CO)cc1)N1CCNCC1. The van der Waals surface area contributed by atoms with Crippen molar-refractivity contribution in [3.8, 4) is 0 Å². The molecule has 0 spiro atoms. The quantitative estimate of drug-likeness (QED) is 0.540. The van der Waals surface area contributed by atoms with Crippen LogP contribution in [0.1, 0.15) is 0 Å². The van der Waals surface area contributed by atoms with Crippen molar-refractivity contribution in [2.24, 2.45) is 0 Å². The Hall–Kier alpha value is -1.19. The molecule has 0 amide bonds. The Balaban J connectivity index is 2.03. The maximum atomic E-state index is 12.4. The van der Waals surface area contributed by atoms with Gasteiger partial charge in [0.15, 0.2) is 0 Å². The van der Waals surface area contributed by atoms with E-state index in [4.69, 9.17) is 5.11 Å². The van der Waals surface area contributed by atoms with E-state index in [2.05, 4.69) is 10.6 Å². The van der Waals surface area contributed by atoms with E-state index in [1.54, 1.807) is 24.3 Å². The molecule has 0 bridgehead atoms. The van der Waals surface area contributed by atoms with Crippen LogP contribution in [0, 0.1) is 0 Å². The Morgan fingerprint density at radius 1 is 1.24 bits per heavy atom. The topological polar surface area (TPSA) is 102 Å². The number of hydrogen-bond acceptors (Lipinski definition) is 6. The van der Waals surface area contributed by atoms with E-state index < -0.39 is 16.1 Å². The third kappa shape index (κ3) is 4.14. The fraction of sp³-hybridized carbons (Fsp3) is 0.538. The Morgan fingerprint density at radius 2 is 1.86 bits per heavy atom. The summed E-state index contributed by atoms with van der Waals surface area (Å²) in [6, 6.07) is 6.40. The number of rotatable bonds is 6. The Kier molecular flexibility index (Phi) is 5.54. The van der Waals surface area contributed by atoms with Crippen LogP contribution in [0.5, 0.6) is 0 Å². The zero-order valence-electron chi connectivity index (χ0n) is 11.7. The van der Waals surface area contributed by atoms with Crippen molar-refractivity contribution in [1.82, 2.24) is 9.62 Å². The maximum Gasteiger partial charge on any atom is 0.243 e. The second kappa shape index (κ2) is 7.19. The van der Waals surface area contributed by atoms with E-state index >= 15 is 0 Å². The van der Waals surface area contributed by atoms with E-state index in [1.165, 1.54) is 4.31 Å². The van der Waals surface area contributed by atoms with Crippen molar-refractivity contribution >= 4 is 15.7 Å². The van der Waals surface area contributed by atoms with Crippen LogP contribution in [-0.2, 0) is 10.0 Å². The maximum absolute atomic E-state index is 12.4. The van der Waals surface area contributed by atoms with Gasteiger partial charge in [-0.15, -0.1) is 0 Å². The van der Waals surface area contributed by atoms with Gasteiger partial charge in [0.25, 0.3) is 0 Å². The predicted octanol–water partition coefficient (Wildman–Crippen LogP) is -0.954. The fourth-order valence-corrected chi connectivity index (χ4v) is 3.52. The minimum atomic E-state index is -3.44. The van der Waals surface area contributed by atoms with Crippen molar-refractivity contribution in [2.75, 3.05) is 44.6 Å². The summed E-state index contributed by atoms with van der Waals surface area (Å²) >= 11 is 0. The molecule has 0 aromatic heterocycles. The van der Waals surface area contributed by atoms with E-state index in [1.807, 2.05) is 0 Å². The Morgan fingerprint density at radius 3 is 2.43 bits per heavy atom. The van der Waals surface area contributed by atoms with Crippen LogP contribution in [0.3, 0.4) is 0 Å². The van der Waals surface area contributed by atoms with Gasteiger partial charge in [-0.25, -0.2) is 8.42 Å². The molecule has 1 unspecified atom stereocenters. The molecule has 118 valence electrons. The first kappa shape index (κ1) is 16.2. The number of nitrogens with zero attached hydrogens (tertiary/aromatic N) is 1. The van der Waals surface area contributed by atoms with Crippen molar-refractivity contribution in [2.45, 2.75) is 11.0 Å². The summed E-state index contributed by atoms with van der Waals surface area (Å²) in [5.74, 6) is 0. The first-order chi connectivity index (χ1) is 10.0. The molecule has 7 nitrogen and oxygen atoms in total. The molecule has 4 N–H and O–H groups in total. The molecular formula is C13H21N3O4S. The van der Waals surface area contributed by atoms with E-state index in [-0.39, 0.29) is 18.0 Å². The summed E-state index contributed by atoms with van der Waals surface area (Å²) < 4.78 is 26.3. The molecule has 1 heterocycles. The standard InChI is InChI=1S/C13H21N3O4S/c17-10-12(18)9-15-11-1-3-13(4-2-11)21(19,20)16-7-5-14-6-8-16/h1-4,12,14-15,17-18H,5-10H2. The number of nitrogens with one attached hydrogen (secondary N) is 2. The normalized spacial score (nSPS) is 18.4. The lowest BCUT2D eigenvalue weighted by Crippen LogP contribution is -2.46. The van der Waals surface area contributed by atoms with Crippen LogP contribution in [0.15, 0.2) is 29.2 Å². The van der Waals surface area contributed by atoms with Crippen LogP contribution in [0.4, 0.5) is 5.69 Å². The molecule has 1 fully saturated rings. The molecule has 21 heavy (non-hydrogen) atoms. The third-order valence-electron chi connectivity index (χ3n) is 3.32. The van der Waals surface area contributed by atoms with Gasteiger partial charge in [0.05, 0.1) is 17.6 Å². The van der Waals surface area contributed by atoms with E-state index in [0.717, 1.165) is 0 Å². The average Bonchev–Trinajstić information content (AvgIpc) is 2.53. The van der Waals surface area contributed by atoms with Crippen molar-refractivity contribution in [3.63, 3.8) is 0 Å². The monoisotopic (exact) mass is 315 g/mol. The second-order valence-electron chi connectivity index (χ2n) is 4.90. The highest BCUT2D eigenvalue weighted by atomic mass is 32.2. The van der Waals surface area contributed by atoms with Crippen molar-refractivity contribution in [1.29, 1.82) is 0 Å². The summed E-state index contributed by atoms with van der Waals surface area (Å²) in [7, 11) is -3.44. The highest BCUT2D eigenvalue weighted by Crippen LogP contribution is 2.18. The number of aliphatic hydroxyl groups excluding tert-OH is 2. The summed E-state index contributed by atoms with van der Waals surface area (Å²) in [6.07, 6.45) is -0.839. The molecule has 0 saturated carbocycles. The smallest absolute Gasteiger partial charge is 0.243 e. The first-order valence-corrected chi connectivity index (χ1v) is 8.32. The van der Waals surface area contributed by atoms with Gasteiger partial charge in [-0.05, 0) is 24.3 Å². The van der Waals surface area contributed by atoms with Gasteiger partial charge in [-0.1, -0.05) is 0 Å². The van der Waals surface area contributed by atoms with Crippen LogP contribution in [0.25, 0.3) is 0 Å². The lowest BCUT2D eigenvalue weighted by Gasteiger charge is -2.26. The lowest BCUT2D eigenvalue weighted by atomic mass is 10.3. The highest BCUT2D eigenvalue weighted by molar-refractivity contribution is 7.89. The average molecular weight is 315 g/mol. The Labute approximate surface area is 124 Å². The molecule has 1 aromatic carbocycles. The van der Waals surface area contributed by atoms with Gasteiger partial charge < -0.3 is 20.8 Å². The molecule has 2 rings (SSSR count). The van der Waals surface area contributed by atoms with Gasteiger partial charge in [0.1, 0.15) is 0 Å². The molecule has 0 radical (unpaired) electrons. The van der Waals surface area contributed by atoms with Crippen LogP contribution in [0.2, 0.25) is 0 Å². The third-order valence-corrected chi connectivity index (χ3v) is 5.23. The zero-order chi connectivity index (χ0) is 15.3. The molecule has 0 aliphatic carbocycles. The second-order valence-corrected chi connectivity index (χ2v) is 6.83. The molecule has 1 aliphatic heterocycles. The predicted molar refractivity (Wildman–Crippen MR) is 79.7 cm³/mol. The summed E-state index contributed by atoms with van der Waals surface area (Å²) in [4.78, 5) is 0.262. The summed E-state index contributed by atoms with van der Waals surface area (Å²) in [5, 5.41) is 24.0.